The zero-order valence-electron chi connectivity index (χ0n) is 11.2. The van der Waals surface area contributed by atoms with Gasteiger partial charge >= 0.3 is 6.61 Å². The highest BCUT2D eigenvalue weighted by Crippen LogP contribution is 2.26. The van der Waals surface area contributed by atoms with Crippen molar-refractivity contribution in [3.8, 4) is 5.75 Å². The van der Waals surface area contributed by atoms with Gasteiger partial charge in [0.2, 0.25) is 0 Å². The summed E-state index contributed by atoms with van der Waals surface area (Å²) in [6.45, 7) is -0.446. The van der Waals surface area contributed by atoms with E-state index in [9.17, 15) is 18.7 Å². The monoisotopic (exact) mass is 285 g/mol. The van der Waals surface area contributed by atoms with Crippen LogP contribution in [0.2, 0.25) is 0 Å². The molecule has 1 aromatic rings. The summed E-state index contributed by atoms with van der Waals surface area (Å²) in [5, 5.41) is 9.86. The lowest BCUT2D eigenvalue weighted by atomic mass is 9.93. The molecular formula is C14H17F2NO3. The van der Waals surface area contributed by atoms with E-state index in [1.165, 1.54) is 18.2 Å². The predicted molar refractivity (Wildman–Crippen MR) is 68.8 cm³/mol. The number of aliphatic hydroxyl groups is 1. The Hall–Kier alpha value is -1.69. The first kappa shape index (κ1) is 14.7. The van der Waals surface area contributed by atoms with Crippen LogP contribution >= 0.6 is 0 Å². The standard InChI is InChI=1S/C14H17F2NO3/c1-14(19)6-8-17(9-7-14)12(18)10-4-2-3-5-11(10)20-13(15)16/h2-5,13,19H,6-9H2,1H3. The van der Waals surface area contributed by atoms with Crippen molar-refractivity contribution in [2.24, 2.45) is 0 Å². The Bertz CT molecular complexity index is 481. The van der Waals surface area contributed by atoms with Crippen LogP contribution in [0, 0.1) is 0 Å². The van der Waals surface area contributed by atoms with Gasteiger partial charge in [0.15, 0.2) is 0 Å². The van der Waals surface area contributed by atoms with E-state index >= 15 is 0 Å². The topological polar surface area (TPSA) is 49.8 Å². The Morgan fingerprint density at radius 3 is 2.55 bits per heavy atom. The Labute approximate surface area is 116 Å². The van der Waals surface area contributed by atoms with Gasteiger partial charge in [0.25, 0.3) is 5.91 Å². The number of likely N-dealkylation sites (tertiary alicyclic amines) is 1. The largest absolute Gasteiger partial charge is 0.434 e. The van der Waals surface area contributed by atoms with Crippen molar-refractivity contribution < 1.29 is 23.4 Å². The van der Waals surface area contributed by atoms with Crippen molar-refractivity contribution in [2.75, 3.05) is 13.1 Å². The molecule has 0 unspecified atom stereocenters. The molecule has 0 bridgehead atoms. The van der Waals surface area contributed by atoms with E-state index in [1.807, 2.05) is 0 Å². The van der Waals surface area contributed by atoms with Crippen molar-refractivity contribution in [3.05, 3.63) is 29.8 Å². The molecule has 0 spiro atoms. The van der Waals surface area contributed by atoms with Crippen molar-refractivity contribution in [1.29, 1.82) is 0 Å². The van der Waals surface area contributed by atoms with Crippen LogP contribution in [0.15, 0.2) is 24.3 Å². The minimum atomic E-state index is -2.97. The first-order valence-electron chi connectivity index (χ1n) is 6.44. The second-order valence-electron chi connectivity index (χ2n) is 5.16. The molecule has 1 fully saturated rings. The lowest BCUT2D eigenvalue weighted by molar-refractivity contribution is -0.0503. The SMILES string of the molecule is CC1(O)CCN(C(=O)c2ccccc2OC(F)F)CC1. The number of ether oxygens (including phenoxy) is 1. The number of para-hydroxylation sites is 1. The molecular weight excluding hydrogens is 268 g/mol. The smallest absolute Gasteiger partial charge is 0.387 e. The van der Waals surface area contributed by atoms with Crippen molar-refractivity contribution in [1.82, 2.24) is 4.90 Å². The van der Waals surface area contributed by atoms with E-state index in [-0.39, 0.29) is 17.2 Å². The fraction of sp³-hybridized carbons (Fsp3) is 0.500. The number of alkyl halides is 2. The van der Waals surface area contributed by atoms with Gasteiger partial charge in [-0.15, -0.1) is 0 Å². The molecule has 20 heavy (non-hydrogen) atoms. The Morgan fingerprint density at radius 1 is 1.35 bits per heavy atom. The molecule has 0 saturated carbocycles. The molecule has 6 heteroatoms. The fourth-order valence-corrected chi connectivity index (χ4v) is 2.20. The maximum absolute atomic E-state index is 12.3. The van der Waals surface area contributed by atoms with Gasteiger partial charge in [0.05, 0.1) is 11.2 Å². The average molecular weight is 285 g/mol. The number of carbonyl (C=O) groups excluding carboxylic acids is 1. The molecule has 1 heterocycles. The zero-order valence-corrected chi connectivity index (χ0v) is 11.2. The van der Waals surface area contributed by atoms with Gasteiger partial charge in [-0.25, -0.2) is 0 Å². The highest BCUT2D eigenvalue weighted by atomic mass is 19.3. The number of carbonyl (C=O) groups is 1. The number of piperidine rings is 1. The minimum Gasteiger partial charge on any atom is -0.434 e. The number of rotatable bonds is 3. The molecule has 2 rings (SSSR count). The normalized spacial score (nSPS) is 18.1. The number of nitrogens with zero attached hydrogens (tertiary/aromatic N) is 1. The molecule has 1 saturated heterocycles. The molecule has 4 nitrogen and oxygen atoms in total. The van der Waals surface area contributed by atoms with Crippen LogP contribution in [0.25, 0.3) is 0 Å². The quantitative estimate of drug-likeness (QED) is 0.927. The molecule has 1 aromatic carbocycles. The maximum Gasteiger partial charge on any atom is 0.387 e. The van der Waals surface area contributed by atoms with Crippen LogP contribution in [0.3, 0.4) is 0 Å². The number of benzene rings is 1. The molecule has 0 atom stereocenters. The van der Waals surface area contributed by atoms with Crippen LogP contribution in [0.1, 0.15) is 30.1 Å². The molecule has 0 aromatic heterocycles. The van der Waals surface area contributed by atoms with Gasteiger partial charge in [-0.2, -0.15) is 8.78 Å². The Morgan fingerprint density at radius 2 is 1.95 bits per heavy atom. The minimum absolute atomic E-state index is 0.120. The van der Waals surface area contributed by atoms with Crippen LogP contribution in [0.5, 0.6) is 5.75 Å². The number of hydrogen-bond acceptors (Lipinski definition) is 3. The van der Waals surface area contributed by atoms with Gasteiger partial charge in [-0.1, -0.05) is 12.1 Å². The van der Waals surface area contributed by atoms with E-state index in [1.54, 1.807) is 17.9 Å². The van der Waals surface area contributed by atoms with E-state index in [0.29, 0.717) is 25.9 Å². The van der Waals surface area contributed by atoms with Crippen molar-refractivity contribution in [2.45, 2.75) is 32.0 Å². The first-order chi connectivity index (χ1) is 9.39. The lowest BCUT2D eigenvalue weighted by Crippen LogP contribution is -2.45. The summed E-state index contributed by atoms with van der Waals surface area (Å²) in [7, 11) is 0. The van der Waals surface area contributed by atoms with Crippen molar-refractivity contribution >= 4 is 5.91 Å². The van der Waals surface area contributed by atoms with Crippen LogP contribution in [-0.2, 0) is 0 Å². The molecule has 1 N–H and O–H groups in total. The maximum atomic E-state index is 12.3. The van der Waals surface area contributed by atoms with Crippen LogP contribution in [0.4, 0.5) is 8.78 Å². The highest BCUT2D eigenvalue weighted by Gasteiger charge is 2.31. The lowest BCUT2D eigenvalue weighted by Gasteiger charge is -2.36. The molecule has 1 aliphatic heterocycles. The van der Waals surface area contributed by atoms with E-state index in [2.05, 4.69) is 4.74 Å². The third-order valence-electron chi connectivity index (χ3n) is 3.46. The third kappa shape index (κ3) is 3.45. The number of halogens is 2. The van der Waals surface area contributed by atoms with E-state index in [0.717, 1.165) is 0 Å². The summed E-state index contributed by atoms with van der Waals surface area (Å²) in [6.07, 6.45) is 0.938. The Balaban J connectivity index is 2.13. The van der Waals surface area contributed by atoms with E-state index in [4.69, 9.17) is 0 Å². The van der Waals surface area contributed by atoms with Gasteiger partial charge in [0, 0.05) is 13.1 Å². The molecule has 1 amide bonds. The number of hydrogen-bond donors (Lipinski definition) is 1. The summed E-state index contributed by atoms with van der Waals surface area (Å²) in [5.41, 5.74) is -0.648. The molecule has 110 valence electrons. The molecule has 1 aliphatic rings. The second-order valence-corrected chi connectivity index (χ2v) is 5.16. The molecule has 0 aliphatic carbocycles. The summed E-state index contributed by atoms with van der Waals surface area (Å²) < 4.78 is 29.0. The van der Waals surface area contributed by atoms with Gasteiger partial charge in [0.1, 0.15) is 5.75 Å². The molecule has 0 radical (unpaired) electrons. The second kappa shape index (κ2) is 5.75. The summed E-state index contributed by atoms with van der Waals surface area (Å²) in [6, 6.07) is 5.95. The van der Waals surface area contributed by atoms with Crippen LogP contribution in [-0.4, -0.2) is 41.2 Å². The third-order valence-corrected chi connectivity index (χ3v) is 3.46. The fourth-order valence-electron chi connectivity index (χ4n) is 2.20. The summed E-state index contributed by atoms with van der Waals surface area (Å²) >= 11 is 0. The van der Waals surface area contributed by atoms with Gasteiger partial charge < -0.3 is 14.7 Å². The van der Waals surface area contributed by atoms with E-state index < -0.39 is 12.2 Å². The van der Waals surface area contributed by atoms with Gasteiger partial charge in [-0.3, -0.25) is 4.79 Å². The predicted octanol–water partition coefficient (Wildman–Crippen LogP) is 2.28. The summed E-state index contributed by atoms with van der Waals surface area (Å²) in [4.78, 5) is 13.9. The van der Waals surface area contributed by atoms with Crippen molar-refractivity contribution in [3.63, 3.8) is 0 Å². The van der Waals surface area contributed by atoms with Gasteiger partial charge in [-0.05, 0) is 31.9 Å². The highest BCUT2D eigenvalue weighted by molar-refractivity contribution is 5.97. The number of amides is 1. The average Bonchev–Trinajstić information content (AvgIpc) is 2.38. The summed E-state index contributed by atoms with van der Waals surface area (Å²) in [5.74, 6) is -0.471. The first-order valence-corrected chi connectivity index (χ1v) is 6.44. The van der Waals surface area contributed by atoms with Crippen LogP contribution < -0.4 is 4.74 Å². The Kier molecular flexibility index (Phi) is 4.23. The zero-order chi connectivity index (χ0) is 14.8.